The number of nitrogens with zero attached hydrogens (tertiary/aromatic N) is 1. The van der Waals surface area contributed by atoms with Gasteiger partial charge in [0.05, 0.1) is 36.1 Å². The molecule has 0 fully saturated rings. The van der Waals surface area contributed by atoms with Crippen LogP contribution in [0.3, 0.4) is 0 Å². The van der Waals surface area contributed by atoms with Crippen LogP contribution in [0.4, 0.5) is 5.00 Å². The molecule has 0 aliphatic rings. The highest BCUT2D eigenvalue weighted by Gasteiger charge is 2.21. The number of esters is 1. The second kappa shape index (κ2) is 10.5. The molecule has 4 rings (SSSR count). The third-order valence-electron chi connectivity index (χ3n) is 5.31. The molecule has 0 saturated heterocycles. The van der Waals surface area contributed by atoms with Crippen molar-refractivity contribution in [2.75, 3.05) is 19.0 Å². The summed E-state index contributed by atoms with van der Waals surface area (Å²) in [7, 11) is 1.34. The van der Waals surface area contributed by atoms with Gasteiger partial charge in [-0.1, -0.05) is 43.7 Å². The van der Waals surface area contributed by atoms with Crippen LogP contribution in [-0.4, -0.2) is 30.6 Å². The van der Waals surface area contributed by atoms with E-state index < -0.39 is 5.97 Å². The van der Waals surface area contributed by atoms with E-state index >= 15 is 0 Å². The summed E-state index contributed by atoms with van der Waals surface area (Å²) in [5.41, 5.74) is 3.06. The molecule has 0 aliphatic heterocycles. The van der Waals surface area contributed by atoms with Crippen LogP contribution >= 0.6 is 11.3 Å². The third kappa shape index (κ3) is 4.94. The van der Waals surface area contributed by atoms with Crippen LogP contribution in [-0.2, 0) is 11.2 Å². The Morgan fingerprint density at radius 3 is 2.59 bits per heavy atom. The Morgan fingerprint density at radius 1 is 1.00 bits per heavy atom. The summed E-state index contributed by atoms with van der Waals surface area (Å²) < 4.78 is 10.6. The molecule has 174 valence electrons. The van der Waals surface area contributed by atoms with Crippen molar-refractivity contribution in [2.24, 2.45) is 0 Å². The number of nitrogens with one attached hydrogen (secondary N) is 1. The summed E-state index contributed by atoms with van der Waals surface area (Å²) >= 11 is 1.40. The maximum Gasteiger partial charge on any atom is 0.340 e. The van der Waals surface area contributed by atoms with Crippen molar-refractivity contribution in [3.05, 3.63) is 76.7 Å². The zero-order valence-electron chi connectivity index (χ0n) is 19.4. The summed E-state index contributed by atoms with van der Waals surface area (Å²) in [6, 6.07) is 18.7. The highest BCUT2D eigenvalue weighted by molar-refractivity contribution is 7.16. The third-order valence-corrected chi connectivity index (χ3v) is 6.42. The summed E-state index contributed by atoms with van der Waals surface area (Å²) in [6.07, 6.45) is 1.76. The van der Waals surface area contributed by atoms with Crippen molar-refractivity contribution in [2.45, 2.75) is 26.7 Å². The van der Waals surface area contributed by atoms with Gasteiger partial charge in [0, 0.05) is 15.8 Å². The van der Waals surface area contributed by atoms with Gasteiger partial charge in [0.15, 0.2) is 0 Å². The van der Waals surface area contributed by atoms with E-state index in [-0.39, 0.29) is 5.91 Å². The van der Waals surface area contributed by atoms with Crippen LogP contribution in [0.25, 0.3) is 22.2 Å². The number of rotatable bonds is 8. The van der Waals surface area contributed by atoms with Crippen molar-refractivity contribution in [3.63, 3.8) is 0 Å². The van der Waals surface area contributed by atoms with Gasteiger partial charge in [0.1, 0.15) is 10.8 Å². The molecule has 0 spiro atoms. The lowest BCUT2D eigenvalue weighted by atomic mass is 10.0. The minimum absolute atomic E-state index is 0.309. The first-order valence-corrected chi connectivity index (χ1v) is 12.0. The molecule has 1 N–H and O–H groups in total. The van der Waals surface area contributed by atoms with E-state index in [0.29, 0.717) is 33.9 Å². The minimum atomic E-state index is -0.470. The van der Waals surface area contributed by atoms with E-state index in [2.05, 4.69) is 12.2 Å². The van der Waals surface area contributed by atoms with Crippen LogP contribution in [0, 0.1) is 0 Å². The molecule has 2 heterocycles. The molecule has 0 unspecified atom stereocenters. The molecule has 34 heavy (non-hydrogen) atoms. The predicted octanol–water partition coefficient (Wildman–Crippen LogP) is 6.35. The largest absolute Gasteiger partial charge is 0.494 e. The number of para-hydroxylation sites is 1. The van der Waals surface area contributed by atoms with Crippen LogP contribution in [0.15, 0.2) is 60.7 Å². The lowest BCUT2D eigenvalue weighted by molar-refractivity contribution is 0.0602. The van der Waals surface area contributed by atoms with E-state index in [0.717, 1.165) is 34.4 Å². The number of amides is 1. The smallest absolute Gasteiger partial charge is 0.340 e. The maximum absolute atomic E-state index is 13.5. The number of hydrogen-bond donors (Lipinski definition) is 1. The monoisotopic (exact) mass is 474 g/mol. The summed E-state index contributed by atoms with van der Waals surface area (Å²) in [4.78, 5) is 31.6. The van der Waals surface area contributed by atoms with Gasteiger partial charge in [-0.25, -0.2) is 9.78 Å². The Morgan fingerprint density at radius 2 is 1.82 bits per heavy atom. The van der Waals surface area contributed by atoms with E-state index in [1.165, 1.54) is 18.4 Å². The number of aromatic nitrogens is 1. The molecule has 2 aromatic carbocycles. The van der Waals surface area contributed by atoms with Gasteiger partial charge in [0.25, 0.3) is 5.91 Å². The average Bonchev–Trinajstić information content (AvgIpc) is 3.25. The van der Waals surface area contributed by atoms with Crippen LogP contribution in [0.1, 0.15) is 45.9 Å². The second-order valence-electron chi connectivity index (χ2n) is 7.68. The summed E-state index contributed by atoms with van der Waals surface area (Å²) in [6.45, 7) is 4.56. The summed E-state index contributed by atoms with van der Waals surface area (Å²) in [5.74, 6) is -0.0384. The second-order valence-corrected chi connectivity index (χ2v) is 8.82. The lowest BCUT2D eigenvalue weighted by Crippen LogP contribution is -2.14. The zero-order chi connectivity index (χ0) is 24.1. The number of aryl methyl sites for hydroxylation is 1. The van der Waals surface area contributed by atoms with Gasteiger partial charge in [0.2, 0.25) is 0 Å². The topological polar surface area (TPSA) is 77.5 Å². The molecule has 0 saturated carbocycles. The Hall–Kier alpha value is -3.71. The van der Waals surface area contributed by atoms with Crippen molar-refractivity contribution >= 4 is 39.1 Å². The fourth-order valence-corrected chi connectivity index (χ4v) is 4.90. The number of fused-ring (bicyclic) bond motifs is 1. The Kier molecular flexibility index (Phi) is 7.23. The van der Waals surface area contributed by atoms with Crippen molar-refractivity contribution < 1.29 is 19.1 Å². The SMILES string of the molecule is CCCc1cc(C(=O)OC)c(NC(=O)c2cc(-c3cccc(OCC)c3)nc3ccccc23)s1. The molecular weight excluding hydrogens is 448 g/mol. The molecule has 2 aromatic heterocycles. The molecule has 4 aromatic rings. The molecule has 0 aliphatic carbocycles. The molecule has 6 nitrogen and oxygen atoms in total. The Bertz CT molecular complexity index is 1350. The highest BCUT2D eigenvalue weighted by atomic mass is 32.1. The molecule has 0 atom stereocenters. The van der Waals surface area contributed by atoms with Gasteiger partial charge < -0.3 is 14.8 Å². The zero-order valence-corrected chi connectivity index (χ0v) is 20.2. The molecule has 0 radical (unpaired) electrons. The summed E-state index contributed by atoms with van der Waals surface area (Å²) in [5, 5.41) is 4.17. The van der Waals surface area contributed by atoms with Gasteiger partial charge in [-0.15, -0.1) is 11.3 Å². The number of carbonyl (C=O) groups is 2. The van der Waals surface area contributed by atoms with Gasteiger partial charge in [-0.2, -0.15) is 0 Å². The Balaban J connectivity index is 1.76. The first kappa shape index (κ1) is 23.4. The average molecular weight is 475 g/mol. The number of methoxy groups -OCH3 is 1. The molecule has 7 heteroatoms. The number of anilines is 1. The number of benzene rings is 2. The molecular formula is C27H26N2O4S. The van der Waals surface area contributed by atoms with Crippen molar-refractivity contribution in [1.29, 1.82) is 0 Å². The number of thiophene rings is 1. The number of ether oxygens (including phenoxy) is 2. The first-order valence-electron chi connectivity index (χ1n) is 11.2. The Labute approximate surface area is 202 Å². The van der Waals surface area contributed by atoms with Crippen molar-refractivity contribution in [3.8, 4) is 17.0 Å². The van der Waals surface area contributed by atoms with Gasteiger partial charge in [-0.3, -0.25) is 4.79 Å². The number of carbonyl (C=O) groups excluding carboxylic acids is 2. The molecule has 1 amide bonds. The van der Waals surface area contributed by atoms with Crippen LogP contribution in [0.2, 0.25) is 0 Å². The maximum atomic E-state index is 13.5. The minimum Gasteiger partial charge on any atom is -0.494 e. The van der Waals surface area contributed by atoms with E-state index in [9.17, 15) is 9.59 Å². The first-order chi connectivity index (χ1) is 16.5. The quantitative estimate of drug-likeness (QED) is 0.301. The normalized spacial score (nSPS) is 10.8. The van der Waals surface area contributed by atoms with Gasteiger partial charge >= 0.3 is 5.97 Å². The number of pyridine rings is 1. The molecule has 0 bridgehead atoms. The fraction of sp³-hybridized carbons (Fsp3) is 0.222. The van der Waals surface area contributed by atoms with Crippen LogP contribution < -0.4 is 10.1 Å². The van der Waals surface area contributed by atoms with E-state index in [1.807, 2.05) is 55.5 Å². The van der Waals surface area contributed by atoms with Crippen molar-refractivity contribution in [1.82, 2.24) is 4.98 Å². The van der Waals surface area contributed by atoms with E-state index in [1.54, 1.807) is 12.1 Å². The van der Waals surface area contributed by atoms with Gasteiger partial charge in [-0.05, 0) is 43.7 Å². The standard InChI is InChI=1S/C27H26N2O4S/c1-4-9-19-15-22(27(31)32-3)26(34-19)29-25(30)21-16-24(28-23-13-7-6-12-20(21)23)17-10-8-11-18(14-17)33-5-2/h6-8,10-16H,4-5,9H2,1-3H3,(H,29,30). The highest BCUT2D eigenvalue weighted by Crippen LogP contribution is 2.32. The lowest BCUT2D eigenvalue weighted by Gasteiger charge is -2.11. The van der Waals surface area contributed by atoms with Crippen LogP contribution in [0.5, 0.6) is 5.75 Å². The number of hydrogen-bond acceptors (Lipinski definition) is 6. The van der Waals surface area contributed by atoms with E-state index in [4.69, 9.17) is 14.5 Å². The predicted molar refractivity (Wildman–Crippen MR) is 136 cm³/mol. The fourth-order valence-electron chi connectivity index (χ4n) is 3.76.